The summed E-state index contributed by atoms with van der Waals surface area (Å²) >= 11 is 0. The lowest BCUT2D eigenvalue weighted by Crippen LogP contribution is -2.04. The van der Waals surface area contributed by atoms with Gasteiger partial charge in [-0.2, -0.15) is 9.61 Å². The normalized spacial score (nSPS) is 10.6. The molecule has 2 heterocycles. The minimum Gasteiger partial charge on any atom is -0.291 e. The van der Waals surface area contributed by atoms with Gasteiger partial charge in [0.05, 0.1) is 5.69 Å². The minimum absolute atomic E-state index is 0.134. The first kappa shape index (κ1) is 7.85. The molecule has 66 valence electrons. The number of hydrogen-bond donors (Lipinski definition) is 0. The highest BCUT2D eigenvalue weighted by molar-refractivity contribution is 5.90. The predicted molar refractivity (Wildman–Crippen MR) is 45.5 cm³/mol. The summed E-state index contributed by atoms with van der Waals surface area (Å²) < 4.78 is 1.46. The fraction of sp³-hybridized carbons (Fsp3) is 0.250. The van der Waals surface area contributed by atoms with E-state index in [1.165, 1.54) is 11.4 Å². The fourth-order valence-corrected chi connectivity index (χ4v) is 1.10. The summed E-state index contributed by atoms with van der Waals surface area (Å²) in [6, 6.07) is 3.61. The van der Waals surface area contributed by atoms with E-state index < -0.39 is 0 Å². The Balaban J connectivity index is 2.79. The van der Waals surface area contributed by atoms with Crippen LogP contribution in [0, 0.1) is 6.92 Å². The lowest BCUT2D eigenvalue weighted by atomic mass is 10.4. The maximum atomic E-state index is 11.1. The van der Waals surface area contributed by atoms with Gasteiger partial charge in [-0.05, 0) is 19.1 Å². The molecule has 0 unspecified atom stereocenters. The molecule has 0 aliphatic rings. The molecule has 2 aromatic heterocycles. The molecule has 0 saturated carbocycles. The van der Waals surface area contributed by atoms with Crippen molar-refractivity contribution in [1.82, 2.24) is 19.8 Å². The number of carbonyl (C=O) groups excluding carboxylic acids is 1. The van der Waals surface area contributed by atoms with Crippen molar-refractivity contribution in [2.75, 3.05) is 0 Å². The molecular weight excluding hydrogens is 168 g/mol. The highest BCUT2D eigenvalue weighted by atomic mass is 16.1. The van der Waals surface area contributed by atoms with Crippen molar-refractivity contribution in [3.8, 4) is 0 Å². The largest absolute Gasteiger partial charge is 0.291 e. The van der Waals surface area contributed by atoms with Gasteiger partial charge in [0.2, 0.25) is 5.82 Å². The van der Waals surface area contributed by atoms with Gasteiger partial charge in [0, 0.05) is 6.92 Å². The second kappa shape index (κ2) is 2.62. The third kappa shape index (κ3) is 1.18. The monoisotopic (exact) mass is 176 g/mol. The van der Waals surface area contributed by atoms with Crippen LogP contribution in [-0.2, 0) is 0 Å². The Bertz CT molecular complexity index is 474. The summed E-state index contributed by atoms with van der Waals surface area (Å²) in [5, 5.41) is 11.7. The Morgan fingerprint density at radius 1 is 1.38 bits per heavy atom. The molecule has 0 saturated heterocycles. The highest BCUT2D eigenvalue weighted by Crippen LogP contribution is 2.02. The summed E-state index contributed by atoms with van der Waals surface area (Å²) in [6.07, 6.45) is 0. The zero-order chi connectivity index (χ0) is 9.42. The van der Waals surface area contributed by atoms with E-state index in [9.17, 15) is 4.79 Å². The van der Waals surface area contributed by atoms with Crippen LogP contribution >= 0.6 is 0 Å². The summed E-state index contributed by atoms with van der Waals surface area (Å²) in [4.78, 5) is 11.1. The topological polar surface area (TPSA) is 60.2 Å². The number of rotatable bonds is 1. The molecule has 0 atom stereocenters. The number of ketones is 1. The van der Waals surface area contributed by atoms with Gasteiger partial charge in [-0.15, -0.1) is 10.2 Å². The van der Waals surface area contributed by atoms with Gasteiger partial charge < -0.3 is 0 Å². The van der Waals surface area contributed by atoms with E-state index in [0.29, 0.717) is 5.65 Å². The second-order valence-electron chi connectivity index (χ2n) is 2.82. The van der Waals surface area contributed by atoms with Crippen LogP contribution in [0.15, 0.2) is 12.1 Å². The van der Waals surface area contributed by atoms with Crippen LogP contribution in [0.3, 0.4) is 0 Å². The molecule has 0 N–H and O–H groups in total. The number of nitrogens with zero attached hydrogens (tertiary/aromatic N) is 4. The molecule has 0 amide bonds. The van der Waals surface area contributed by atoms with Gasteiger partial charge in [-0.25, -0.2) is 0 Å². The van der Waals surface area contributed by atoms with Crippen LogP contribution in [0.4, 0.5) is 0 Å². The SMILES string of the molecule is CC(=O)c1nnc2ccc(C)nn12. The molecule has 2 rings (SSSR count). The molecule has 2 aromatic rings. The first-order valence-electron chi connectivity index (χ1n) is 3.88. The molecule has 0 aliphatic heterocycles. The first-order chi connectivity index (χ1) is 6.18. The van der Waals surface area contributed by atoms with Crippen molar-refractivity contribution in [2.24, 2.45) is 0 Å². The van der Waals surface area contributed by atoms with Crippen molar-refractivity contribution >= 4 is 11.4 Å². The van der Waals surface area contributed by atoms with Crippen LogP contribution in [0.2, 0.25) is 0 Å². The zero-order valence-corrected chi connectivity index (χ0v) is 7.35. The molecule has 13 heavy (non-hydrogen) atoms. The molecule has 0 aliphatic carbocycles. The molecule has 5 heteroatoms. The fourth-order valence-electron chi connectivity index (χ4n) is 1.10. The van der Waals surface area contributed by atoms with E-state index in [4.69, 9.17) is 0 Å². The Labute approximate surface area is 74.4 Å². The average Bonchev–Trinajstić information content (AvgIpc) is 2.46. The predicted octanol–water partition coefficient (Wildman–Crippen LogP) is 0.635. The molecule has 0 aromatic carbocycles. The molecular formula is C8H8N4O. The van der Waals surface area contributed by atoms with Crippen molar-refractivity contribution in [3.05, 3.63) is 23.7 Å². The number of fused-ring (bicyclic) bond motifs is 1. The zero-order valence-electron chi connectivity index (χ0n) is 7.35. The molecule has 0 spiro atoms. The van der Waals surface area contributed by atoms with Crippen molar-refractivity contribution in [2.45, 2.75) is 13.8 Å². The number of aryl methyl sites for hydroxylation is 1. The van der Waals surface area contributed by atoms with E-state index in [-0.39, 0.29) is 11.6 Å². The summed E-state index contributed by atoms with van der Waals surface area (Å²) in [6.45, 7) is 3.30. The van der Waals surface area contributed by atoms with Gasteiger partial charge in [0.15, 0.2) is 11.4 Å². The maximum absolute atomic E-state index is 11.1. The molecule has 0 radical (unpaired) electrons. The molecule has 0 bridgehead atoms. The van der Waals surface area contributed by atoms with Crippen molar-refractivity contribution < 1.29 is 4.79 Å². The van der Waals surface area contributed by atoms with Gasteiger partial charge in [0.1, 0.15) is 0 Å². The quantitative estimate of drug-likeness (QED) is 0.598. The number of Topliss-reactive ketones (excluding diaryl/α,β-unsaturated/α-hetero) is 1. The standard InChI is InChI=1S/C8H8N4O/c1-5-3-4-7-9-10-8(6(2)13)12(7)11-5/h3-4H,1-2H3. The van der Waals surface area contributed by atoms with E-state index in [1.54, 1.807) is 6.07 Å². The molecule has 5 nitrogen and oxygen atoms in total. The summed E-state index contributed by atoms with van der Waals surface area (Å²) in [5.74, 6) is 0.143. The number of carbonyl (C=O) groups is 1. The van der Waals surface area contributed by atoms with Crippen molar-refractivity contribution in [3.63, 3.8) is 0 Å². The molecule has 0 fully saturated rings. The summed E-state index contributed by atoms with van der Waals surface area (Å²) in [7, 11) is 0. The number of hydrogen-bond acceptors (Lipinski definition) is 4. The lowest BCUT2D eigenvalue weighted by Gasteiger charge is -1.94. The maximum Gasteiger partial charge on any atom is 0.220 e. The first-order valence-corrected chi connectivity index (χ1v) is 3.88. The third-order valence-electron chi connectivity index (χ3n) is 1.71. The van der Waals surface area contributed by atoms with Crippen LogP contribution in [0.5, 0.6) is 0 Å². The lowest BCUT2D eigenvalue weighted by molar-refractivity contribution is 0.100. The van der Waals surface area contributed by atoms with E-state index in [0.717, 1.165) is 5.69 Å². The van der Waals surface area contributed by atoms with Crippen LogP contribution < -0.4 is 0 Å². The smallest absolute Gasteiger partial charge is 0.220 e. The second-order valence-corrected chi connectivity index (χ2v) is 2.82. The van der Waals surface area contributed by atoms with E-state index in [2.05, 4.69) is 15.3 Å². The van der Waals surface area contributed by atoms with Gasteiger partial charge >= 0.3 is 0 Å². The van der Waals surface area contributed by atoms with Crippen molar-refractivity contribution in [1.29, 1.82) is 0 Å². The van der Waals surface area contributed by atoms with Gasteiger partial charge in [0.25, 0.3) is 0 Å². The Morgan fingerprint density at radius 2 is 2.15 bits per heavy atom. The average molecular weight is 176 g/mol. The minimum atomic E-state index is -0.134. The van der Waals surface area contributed by atoms with Crippen LogP contribution in [0.1, 0.15) is 23.2 Å². The Hall–Kier alpha value is -1.78. The van der Waals surface area contributed by atoms with Crippen LogP contribution in [0.25, 0.3) is 5.65 Å². The number of aromatic nitrogens is 4. The van der Waals surface area contributed by atoms with Gasteiger partial charge in [-0.1, -0.05) is 0 Å². The third-order valence-corrected chi connectivity index (χ3v) is 1.71. The van der Waals surface area contributed by atoms with E-state index in [1.807, 2.05) is 13.0 Å². The van der Waals surface area contributed by atoms with E-state index >= 15 is 0 Å². The Morgan fingerprint density at radius 3 is 2.85 bits per heavy atom. The highest BCUT2D eigenvalue weighted by Gasteiger charge is 2.09. The van der Waals surface area contributed by atoms with Gasteiger partial charge in [-0.3, -0.25) is 4.79 Å². The summed E-state index contributed by atoms with van der Waals surface area (Å²) in [5.41, 5.74) is 1.42. The van der Waals surface area contributed by atoms with Crippen LogP contribution in [-0.4, -0.2) is 25.6 Å². The Kier molecular flexibility index (Phi) is 1.58.